The largest absolute Gasteiger partial charge is 0.680 e. The molecule has 4 heteroatoms. The molecule has 0 aromatic carbocycles. The third-order valence-corrected chi connectivity index (χ3v) is 0. The van der Waals surface area contributed by atoms with Gasteiger partial charge < -0.3 is 5.73 Å². The first-order valence-electron chi connectivity index (χ1n) is 0.500. The Labute approximate surface area is 108 Å². The van der Waals surface area contributed by atoms with Crippen molar-refractivity contribution in [2.45, 2.75) is 0 Å². The Morgan fingerprint density at radius 1 is 0.800 bits per heavy atom. The molecule has 0 amide bonds. The SMILES string of the molecule is C[NH-].[Y].[Y].[Y]. The predicted molar refractivity (Wildman–Crippen MR) is 10.2 cm³/mol. The maximum Gasteiger partial charge on any atom is 0 e. The van der Waals surface area contributed by atoms with Crippen molar-refractivity contribution >= 4 is 0 Å². The Hall–Kier alpha value is 3.27. The first kappa shape index (κ1) is 24.0. The van der Waals surface area contributed by atoms with Gasteiger partial charge in [0.05, 0.1) is 0 Å². The van der Waals surface area contributed by atoms with Crippen molar-refractivity contribution in [3.63, 3.8) is 0 Å². The molecular weight excluding hydrogens is 293 g/mol. The summed E-state index contributed by atoms with van der Waals surface area (Å²) in [4.78, 5) is 0. The van der Waals surface area contributed by atoms with Crippen molar-refractivity contribution in [3.05, 3.63) is 5.73 Å². The maximum absolute atomic E-state index is 5.75. The molecule has 0 rings (SSSR count). The van der Waals surface area contributed by atoms with Crippen molar-refractivity contribution in [1.29, 1.82) is 0 Å². The van der Waals surface area contributed by atoms with Gasteiger partial charge in [-0.3, -0.25) is 0 Å². The minimum Gasteiger partial charge on any atom is -0.680 e. The molecule has 1 N–H and O–H groups in total. The van der Waals surface area contributed by atoms with Gasteiger partial charge in [-0.2, -0.15) is 7.05 Å². The van der Waals surface area contributed by atoms with Crippen molar-refractivity contribution in [2.75, 3.05) is 7.05 Å². The van der Waals surface area contributed by atoms with Crippen LogP contribution in [0.2, 0.25) is 0 Å². The van der Waals surface area contributed by atoms with Crippen molar-refractivity contribution in [3.8, 4) is 0 Å². The van der Waals surface area contributed by atoms with Crippen LogP contribution in [0.5, 0.6) is 0 Å². The van der Waals surface area contributed by atoms with Gasteiger partial charge >= 0.3 is 0 Å². The van der Waals surface area contributed by atoms with Crippen LogP contribution in [0.15, 0.2) is 0 Å². The summed E-state index contributed by atoms with van der Waals surface area (Å²) in [5, 5.41) is 0. The molecule has 0 saturated heterocycles. The molecule has 0 aliphatic rings. The average Bonchev–Trinajstić information content (AvgIpc) is 1.00. The Kier molecular flexibility index (Phi) is 128. The monoisotopic (exact) mass is 297 g/mol. The van der Waals surface area contributed by atoms with E-state index in [2.05, 4.69) is 0 Å². The molecule has 0 aliphatic heterocycles. The fourth-order valence-corrected chi connectivity index (χ4v) is 0. The summed E-state index contributed by atoms with van der Waals surface area (Å²) in [6.07, 6.45) is 0. The zero-order valence-corrected chi connectivity index (χ0v) is 11.7. The third kappa shape index (κ3) is 18.9. The van der Waals surface area contributed by atoms with Crippen LogP contribution in [0.25, 0.3) is 5.73 Å². The van der Waals surface area contributed by atoms with Crippen molar-refractivity contribution in [2.24, 2.45) is 0 Å². The first-order chi connectivity index (χ1) is 1.00. The Bertz CT molecular complexity index is 6.85. The molecule has 0 spiro atoms. The van der Waals surface area contributed by atoms with Gasteiger partial charge in [-0.05, 0) is 0 Å². The normalized spacial score (nSPS) is 1.20. The zero-order chi connectivity index (χ0) is 2.00. The summed E-state index contributed by atoms with van der Waals surface area (Å²) in [7, 11) is 1.25. The first-order valence-corrected chi connectivity index (χ1v) is 0.500. The van der Waals surface area contributed by atoms with Crippen LogP contribution in [-0.2, 0) is 98.1 Å². The third-order valence-electron chi connectivity index (χ3n) is 0. The number of rotatable bonds is 0. The van der Waals surface area contributed by atoms with E-state index in [1.165, 1.54) is 7.05 Å². The van der Waals surface area contributed by atoms with Crippen LogP contribution in [0, 0.1) is 0 Å². The van der Waals surface area contributed by atoms with E-state index in [0.29, 0.717) is 0 Å². The van der Waals surface area contributed by atoms with E-state index in [-0.39, 0.29) is 98.1 Å². The Morgan fingerprint density at radius 3 is 0.800 bits per heavy atom. The molecule has 1 nitrogen and oxygen atoms in total. The zero-order valence-electron chi connectivity index (χ0n) is 3.23. The molecule has 0 aromatic rings. The van der Waals surface area contributed by atoms with E-state index >= 15 is 0 Å². The van der Waals surface area contributed by atoms with Crippen LogP contribution < -0.4 is 0 Å². The molecule has 0 aromatic heterocycles. The van der Waals surface area contributed by atoms with Crippen LogP contribution >= 0.6 is 0 Å². The van der Waals surface area contributed by atoms with E-state index in [1.54, 1.807) is 0 Å². The average molecular weight is 297 g/mol. The summed E-state index contributed by atoms with van der Waals surface area (Å²) < 4.78 is 0. The molecule has 0 atom stereocenters. The molecule has 5 heavy (non-hydrogen) atoms. The minimum atomic E-state index is 0. The standard InChI is InChI=1S/CH4N.3Y/c1-2;;;/h2H,1H3;;;/q-1;;;. The second-order valence-corrected chi connectivity index (χ2v) is 0. The maximum atomic E-state index is 5.75. The van der Waals surface area contributed by atoms with Gasteiger partial charge in [-0.25, -0.2) is 0 Å². The van der Waals surface area contributed by atoms with Crippen molar-refractivity contribution in [1.82, 2.24) is 0 Å². The van der Waals surface area contributed by atoms with Gasteiger partial charge in [-0.15, -0.1) is 0 Å². The molecule has 0 aliphatic carbocycles. The van der Waals surface area contributed by atoms with E-state index in [9.17, 15) is 0 Å². The van der Waals surface area contributed by atoms with Crippen LogP contribution in [-0.4, -0.2) is 7.05 Å². The smallest absolute Gasteiger partial charge is 0 e. The number of nitrogens with one attached hydrogen (secondary N) is 1. The van der Waals surface area contributed by atoms with Crippen LogP contribution in [0.1, 0.15) is 0 Å². The summed E-state index contributed by atoms with van der Waals surface area (Å²) in [5.41, 5.74) is 5.75. The summed E-state index contributed by atoms with van der Waals surface area (Å²) in [5.74, 6) is 0. The van der Waals surface area contributed by atoms with Gasteiger partial charge in [0.2, 0.25) is 0 Å². The van der Waals surface area contributed by atoms with Crippen LogP contribution in [0.4, 0.5) is 0 Å². The van der Waals surface area contributed by atoms with E-state index in [0.717, 1.165) is 0 Å². The molecule has 23 valence electrons. The quantitative estimate of drug-likeness (QED) is 0.627. The van der Waals surface area contributed by atoms with Gasteiger partial charge in [0.25, 0.3) is 0 Å². The van der Waals surface area contributed by atoms with E-state index < -0.39 is 0 Å². The number of hydrogen-bond donors (Lipinski definition) is 0. The van der Waals surface area contributed by atoms with Crippen LogP contribution in [0.3, 0.4) is 0 Å². The second-order valence-electron chi connectivity index (χ2n) is 0. The van der Waals surface area contributed by atoms with Crippen molar-refractivity contribution < 1.29 is 98.1 Å². The second kappa shape index (κ2) is 26.7. The fourth-order valence-electron chi connectivity index (χ4n) is 0. The topological polar surface area (TPSA) is 23.8 Å². The molecular formula is CH4NY3-. The molecule has 3 radical (unpaired) electrons. The van der Waals surface area contributed by atoms with Gasteiger partial charge in [0, 0.05) is 98.1 Å². The Balaban J connectivity index is -0.00000000167. The molecule has 0 unspecified atom stereocenters. The molecule has 0 heterocycles. The molecule has 0 fully saturated rings. The predicted octanol–water partition coefficient (Wildman–Crippen LogP) is 0.661. The van der Waals surface area contributed by atoms with Gasteiger partial charge in [0.15, 0.2) is 0 Å². The van der Waals surface area contributed by atoms with Gasteiger partial charge in [0.1, 0.15) is 0 Å². The fraction of sp³-hybridized carbons (Fsp3) is 1.00. The molecule has 0 saturated carbocycles. The minimum absolute atomic E-state index is 0. The van der Waals surface area contributed by atoms with Gasteiger partial charge in [-0.1, -0.05) is 0 Å². The Morgan fingerprint density at radius 2 is 0.800 bits per heavy atom. The summed E-state index contributed by atoms with van der Waals surface area (Å²) in [6, 6.07) is 0. The molecule has 0 bridgehead atoms. The number of hydrogen-bond acceptors (Lipinski definition) is 0. The summed E-state index contributed by atoms with van der Waals surface area (Å²) in [6.45, 7) is 0. The summed E-state index contributed by atoms with van der Waals surface area (Å²) >= 11 is 0. The van der Waals surface area contributed by atoms with E-state index in [1.807, 2.05) is 0 Å². The van der Waals surface area contributed by atoms with E-state index in [4.69, 9.17) is 5.73 Å².